The Morgan fingerprint density at radius 1 is 1.00 bits per heavy atom. The van der Waals surface area contributed by atoms with E-state index in [9.17, 15) is 13.2 Å². The second-order valence-electron chi connectivity index (χ2n) is 5.12. The van der Waals surface area contributed by atoms with Crippen LogP contribution < -0.4 is 10.0 Å². The van der Waals surface area contributed by atoms with Crippen molar-refractivity contribution in [3.63, 3.8) is 0 Å². The molecule has 0 aliphatic heterocycles. The van der Waals surface area contributed by atoms with E-state index in [4.69, 9.17) is 0 Å². The summed E-state index contributed by atoms with van der Waals surface area (Å²) in [7, 11) is -3.31. The second-order valence-corrected chi connectivity index (χ2v) is 6.87. The SMILES string of the molecule is Cc1ccc(CNC(=O)c2ccc(NS(C)(=O)=O)cc2)cc1. The van der Waals surface area contributed by atoms with Crippen molar-refractivity contribution in [3.05, 3.63) is 65.2 Å². The first kappa shape index (κ1) is 16.0. The summed E-state index contributed by atoms with van der Waals surface area (Å²) in [4.78, 5) is 12.0. The van der Waals surface area contributed by atoms with E-state index in [0.717, 1.165) is 11.8 Å². The van der Waals surface area contributed by atoms with Crippen LogP contribution in [0.1, 0.15) is 21.5 Å². The number of carbonyl (C=O) groups excluding carboxylic acids is 1. The van der Waals surface area contributed by atoms with E-state index in [1.165, 1.54) is 5.56 Å². The largest absolute Gasteiger partial charge is 0.348 e. The Kier molecular flexibility index (Phi) is 4.82. The third-order valence-corrected chi connectivity index (χ3v) is 3.63. The molecule has 116 valence electrons. The number of rotatable bonds is 5. The lowest BCUT2D eigenvalue weighted by Gasteiger charge is -2.07. The van der Waals surface area contributed by atoms with Crippen LogP contribution in [-0.2, 0) is 16.6 Å². The monoisotopic (exact) mass is 318 g/mol. The van der Waals surface area contributed by atoms with E-state index in [1.54, 1.807) is 24.3 Å². The first-order chi connectivity index (χ1) is 10.3. The van der Waals surface area contributed by atoms with Crippen molar-refractivity contribution >= 4 is 21.6 Å². The molecule has 2 aromatic carbocycles. The Morgan fingerprint density at radius 2 is 1.59 bits per heavy atom. The highest BCUT2D eigenvalue weighted by molar-refractivity contribution is 7.92. The smallest absolute Gasteiger partial charge is 0.251 e. The summed E-state index contributed by atoms with van der Waals surface area (Å²) >= 11 is 0. The molecule has 0 spiro atoms. The molecule has 22 heavy (non-hydrogen) atoms. The highest BCUT2D eigenvalue weighted by Gasteiger charge is 2.06. The minimum absolute atomic E-state index is 0.202. The zero-order valence-electron chi connectivity index (χ0n) is 12.5. The summed E-state index contributed by atoms with van der Waals surface area (Å²) in [6.07, 6.45) is 1.08. The van der Waals surface area contributed by atoms with E-state index in [0.29, 0.717) is 17.8 Å². The van der Waals surface area contributed by atoms with Gasteiger partial charge in [-0.3, -0.25) is 9.52 Å². The van der Waals surface area contributed by atoms with Gasteiger partial charge >= 0.3 is 0 Å². The number of amides is 1. The number of hydrogen-bond donors (Lipinski definition) is 2. The third kappa shape index (κ3) is 4.89. The lowest BCUT2D eigenvalue weighted by atomic mass is 10.1. The van der Waals surface area contributed by atoms with E-state index in [-0.39, 0.29) is 5.91 Å². The first-order valence-electron chi connectivity index (χ1n) is 6.75. The van der Waals surface area contributed by atoms with Gasteiger partial charge in [0, 0.05) is 17.8 Å². The predicted molar refractivity (Wildman–Crippen MR) is 87.3 cm³/mol. The topological polar surface area (TPSA) is 75.3 Å². The van der Waals surface area contributed by atoms with Crippen molar-refractivity contribution in [2.75, 3.05) is 11.0 Å². The number of sulfonamides is 1. The normalized spacial score (nSPS) is 11.0. The predicted octanol–water partition coefficient (Wildman–Crippen LogP) is 2.30. The van der Waals surface area contributed by atoms with Crippen LogP contribution in [0.4, 0.5) is 5.69 Å². The highest BCUT2D eigenvalue weighted by atomic mass is 32.2. The summed E-state index contributed by atoms with van der Waals surface area (Å²) in [6.45, 7) is 2.46. The lowest BCUT2D eigenvalue weighted by Crippen LogP contribution is -2.22. The number of aryl methyl sites for hydroxylation is 1. The lowest BCUT2D eigenvalue weighted by molar-refractivity contribution is 0.0951. The van der Waals surface area contributed by atoms with E-state index in [2.05, 4.69) is 10.0 Å². The van der Waals surface area contributed by atoms with Crippen LogP contribution in [-0.4, -0.2) is 20.6 Å². The fourth-order valence-corrected chi connectivity index (χ4v) is 2.46. The van der Waals surface area contributed by atoms with Gasteiger partial charge in [-0.1, -0.05) is 29.8 Å². The molecule has 0 atom stereocenters. The molecule has 0 radical (unpaired) electrons. The van der Waals surface area contributed by atoms with Crippen molar-refractivity contribution in [3.8, 4) is 0 Å². The molecule has 0 aromatic heterocycles. The molecule has 2 rings (SSSR count). The molecule has 1 amide bonds. The molecule has 0 heterocycles. The first-order valence-corrected chi connectivity index (χ1v) is 8.64. The summed E-state index contributed by atoms with van der Waals surface area (Å²) in [6, 6.07) is 14.2. The van der Waals surface area contributed by atoms with Crippen LogP contribution in [0, 0.1) is 6.92 Å². The van der Waals surface area contributed by atoms with E-state index in [1.807, 2.05) is 31.2 Å². The van der Waals surface area contributed by atoms with Gasteiger partial charge in [0.15, 0.2) is 0 Å². The van der Waals surface area contributed by atoms with Gasteiger partial charge in [0.1, 0.15) is 0 Å². The summed E-state index contributed by atoms with van der Waals surface area (Å²) in [5, 5.41) is 2.82. The molecular weight excluding hydrogens is 300 g/mol. The number of carbonyl (C=O) groups is 1. The summed E-state index contributed by atoms with van der Waals surface area (Å²) in [5.41, 5.74) is 3.10. The fraction of sp³-hybridized carbons (Fsp3) is 0.188. The number of nitrogens with one attached hydrogen (secondary N) is 2. The van der Waals surface area contributed by atoms with Crippen molar-refractivity contribution < 1.29 is 13.2 Å². The molecule has 0 aliphatic carbocycles. The zero-order valence-corrected chi connectivity index (χ0v) is 13.3. The summed E-state index contributed by atoms with van der Waals surface area (Å²) < 4.78 is 24.6. The van der Waals surface area contributed by atoms with Gasteiger partial charge in [-0.2, -0.15) is 0 Å². The molecule has 2 aromatic rings. The van der Waals surface area contributed by atoms with Gasteiger partial charge in [-0.05, 0) is 36.8 Å². The van der Waals surface area contributed by atoms with Crippen molar-refractivity contribution in [2.45, 2.75) is 13.5 Å². The third-order valence-electron chi connectivity index (χ3n) is 3.02. The van der Waals surface area contributed by atoms with Crippen LogP contribution in [0.3, 0.4) is 0 Å². The molecule has 0 aliphatic rings. The summed E-state index contributed by atoms with van der Waals surface area (Å²) in [5.74, 6) is -0.202. The molecule has 0 unspecified atom stereocenters. The van der Waals surface area contributed by atoms with E-state index >= 15 is 0 Å². The average Bonchev–Trinajstić information content (AvgIpc) is 2.45. The Balaban J connectivity index is 1.96. The average molecular weight is 318 g/mol. The maximum Gasteiger partial charge on any atom is 0.251 e. The quantitative estimate of drug-likeness (QED) is 0.888. The number of anilines is 1. The Morgan fingerprint density at radius 3 is 2.14 bits per heavy atom. The van der Waals surface area contributed by atoms with Gasteiger partial charge in [0.05, 0.1) is 6.26 Å². The maximum atomic E-state index is 12.0. The minimum Gasteiger partial charge on any atom is -0.348 e. The molecule has 0 bridgehead atoms. The molecule has 5 nitrogen and oxygen atoms in total. The van der Waals surface area contributed by atoms with Crippen molar-refractivity contribution in [1.29, 1.82) is 0 Å². The Labute approximate surface area is 130 Å². The standard InChI is InChI=1S/C16H18N2O3S/c1-12-3-5-13(6-4-12)11-17-16(19)14-7-9-15(10-8-14)18-22(2,20)21/h3-10,18H,11H2,1-2H3,(H,17,19). The Hall–Kier alpha value is -2.34. The van der Waals surface area contributed by atoms with Gasteiger partial charge in [-0.15, -0.1) is 0 Å². The minimum atomic E-state index is -3.31. The van der Waals surface area contributed by atoms with Crippen molar-refractivity contribution in [2.24, 2.45) is 0 Å². The van der Waals surface area contributed by atoms with Crippen LogP contribution in [0.5, 0.6) is 0 Å². The van der Waals surface area contributed by atoms with Gasteiger partial charge in [0.2, 0.25) is 10.0 Å². The molecule has 0 saturated heterocycles. The highest BCUT2D eigenvalue weighted by Crippen LogP contribution is 2.11. The van der Waals surface area contributed by atoms with Crippen LogP contribution >= 0.6 is 0 Å². The van der Waals surface area contributed by atoms with Gasteiger partial charge < -0.3 is 5.32 Å². The fourth-order valence-electron chi connectivity index (χ4n) is 1.89. The van der Waals surface area contributed by atoms with Crippen LogP contribution in [0.15, 0.2) is 48.5 Å². The van der Waals surface area contributed by atoms with E-state index < -0.39 is 10.0 Å². The number of hydrogen-bond acceptors (Lipinski definition) is 3. The van der Waals surface area contributed by atoms with Crippen LogP contribution in [0.2, 0.25) is 0 Å². The molecule has 2 N–H and O–H groups in total. The maximum absolute atomic E-state index is 12.0. The zero-order chi connectivity index (χ0) is 16.2. The van der Waals surface area contributed by atoms with Gasteiger partial charge in [0.25, 0.3) is 5.91 Å². The molecular formula is C16H18N2O3S. The Bertz CT molecular complexity index is 751. The van der Waals surface area contributed by atoms with Gasteiger partial charge in [-0.25, -0.2) is 8.42 Å². The van der Waals surface area contributed by atoms with Crippen molar-refractivity contribution in [1.82, 2.24) is 5.32 Å². The molecule has 6 heteroatoms. The molecule has 0 saturated carbocycles. The molecule has 0 fully saturated rings. The van der Waals surface area contributed by atoms with Crippen LogP contribution in [0.25, 0.3) is 0 Å². The number of benzene rings is 2. The second kappa shape index (κ2) is 6.62.